The molecule has 0 N–H and O–H groups in total. The SMILES string of the molecule is CCN1CCCN(CC)P1(=O)c1ccccc1. The number of hydrogen-bond donors (Lipinski definition) is 0. The number of benzene rings is 1. The van der Waals surface area contributed by atoms with E-state index in [2.05, 4.69) is 23.2 Å². The molecule has 0 atom stereocenters. The average molecular weight is 252 g/mol. The molecule has 3 nitrogen and oxygen atoms in total. The largest absolute Gasteiger partial charge is 0.284 e. The van der Waals surface area contributed by atoms with Crippen LogP contribution in [0.25, 0.3) is 0 Å². The third kappa shape index (κ3) is 2.20. The van der Waals surface area contributed by atoms with Gasteiger partial charge in [0.15, 0.2) is 0 Å². The van der Waals surface area contributed by atoms with Crippen molar-refractivity contribution in [3.63, 3.8) is 0 Å². The molecule has 0 spiro atoms. The molecule has 1 fully saturated rings. The predicted octanol–water partition coefficient (Wildman–Crippen LogP) is 2.55. The lowest BCUT2D eigenvalue weighted by Crippen LogP contribution is -2.43. The van der Waals surface area contributed by atoms with Gasteiger partial charge in [0, 0.05) is 31.5 Å². The lowest BCUT2D eigenvalue weighted by atomic mass is 10.4. The third-order valence-electron chi connectivity index (χ3n) is 3.42. The standard InChI is InChI=1S/C13H21N2OP/c1-3-14-11-8-12-15(4-2)17(14,16)13-9-6-5-7-10-13/h5-7,9-10H,3-4,8,11-12H2,1-2H3. The van der Waals surface area contributed by atoms with Gasteiger partial charge in [-0.1, -0.05) is 32.0 Å². The van der Waals surface area contributed by atoms with E-state index in [-0.39, 0.29) is 0 Å². The molecule has 1 aliphatic heterocycles. The summed E-state index contributed by atoms with van der Waals surface area (Å²) in [6.07, 6.45) is 1.11. The molecule has 0 aromatic heterocycles. The van der Waals surface area contributed by atoms with Gasteiger partial charge in [-0.25, -0.2) is 9.34 Å². The van der Waals surface area contributed by atoms with Gasteiger partial charge in [0.1, 0.15) is 0 Å². The highest BCUT2D eigenvalue weighted by Gasteiger charge is 2.39. The van der Waals surface area contributed by atoms with Gasteiger partial charge < -0.3 is 0 Å². The molecule has 1 heterocycles. The molecule has 0 amide bonds. The Morgan fingerprint density at radius 1 is 1.06 bits per heavy atom. The van der Waals surface area contributed by atoms with Crippen LogP contribution in [0, 0.1) is 0 Å². The second-order valence-electron chi connectivity index (χ2n) is 4.33. The maximum absolute atomic E-state index is 13.4. The lowest BCUT2D eigenvalue weighted by Gasteiger charge is -2.42. The summed E-state index contributed by atoms with van der Waals surface area (Å²) in [4.78, 5) is 0. The Balaban J connectivity index is 2.44. The van der Waals surface area contributed by atoms with Crippen LogP contribution in [0.15, 0.2) is 30.3 Å². The van der Waals surface area contributed by atoms with Crippen LogP contribution in [0.3, 0.4) is 0 Å². The monoisotopic (exact) mass is 252 g/mol. The summed E-state index contributed by atoms with van der Waals surface area (Å²) in [6.45, 7) is 7.77. The molecule has 1 aromatic carbocycles. The molecule has 0 bridgehead atoms. The maximum Gasteiger partial charge on any atom is 0.245 e. The fourth-order valence-corrected chi connectivity index (χ4v) is 5.70. The van der Waals surface area contributed by atoms with E-state index in [1.54, 1.807) is 0 Å². The second-order valence-corrected chi connectivity index (χ2v) is 7.06. The first-order valence-electron chi connectivity index (χ1n) is 6.40. The van der Waals surface area contributed by atoms with E-state index in [0.717, 1.165) is 37.9 Å². The van der Waals surface area contributed by atoms with E-state index >= 15 is 0 Å². The van der Waals surface area contributed by atoms with Crippen molar-refractivity contribution < 1.29 is 4.57 Å². The summed E-state index contributed by atoms with van der Waals surface area (Å²) >= 11 is 0. The Bertz CT molecular complexity index is 391. The Morgan fingerprint density at radius 2 is 1.59 bits per heavy atom. The van der Waals surface area contributed by atoms with E-state index in [1.807, 2.05) is 30.3 Å². The predicted molar refractivity (Wildman–Crippen MR) is 72.8 cm³/mol. The first-order valence-corrected chi connectivity index (χ1v) is 8.01. The lowest BCUT2D eigenvalue weighted by molar-refractivity contribution is 0.298. The zero-order valence-corrected chi connectivity index (χ0v) is 11.6. The molecule has 4 heteroatoms. The summed E-state index contributed by atoms with van der Waals surface area (Å²) in [7, 11) is -2.52. The summed E-state index contributed by atoms with van der Waals surface area (Å²) in [5, 5.41) is 0.975. The fraction of sp³-hybridized carbons (Fsp3) is 0.538. The Kier molecular flexibility index (Phi) is 4.03. The van der Waals surface area contributed by atoms with Crippen LogP contribution in [0.2, 0.25) is 0 Å². The molecule has 0 radical (unpaired) electrons. The van der Waals surface area contributed by atoms with Crippen LogP contribution < -0.4 is 5.30 Å². The molecule has 1 aromatic rings. The van der Waals surface area contributed by atoms with E-state index in [9.17, 15) is 4.57 Å². The van der Waals surface area contributed by atoms with Crippen molar-refractivity contribution in [3.05, 3.63) is 30.3 Å². The molecule has 2 rings (SSSR count). The van der Waals surface area contributed by atoms with Crippen molar-refractivity contribution in [2.45, 2.75) is 20.3 Å². The quantitative estimate of drug-likeness (QED) is 0.772. The second kappa shape index (κ2) is 5.34. The van der Waals surface area contributed by atoms with Crippen LogP contribution in [0.5, 0.6) is 0 Å². The first kappa shape index (κ1) is 12.8. The zero-order valence-electron chi connectivity index (χ0n) is 10.7. The minimum atomic E-state index is -2.52. The van der Waals surface area contributed by atoms with Gasteiger partial charge in [0.2, 0.25) is 7.44 Å². The van der Waals surface area contributed by atoms with Crippen LogP contribution in [0.4, 0.5) is 0 Å². The molecule has 1 aliphatic rings. The molecule has 0 unspecified atom stereocenters. The molecule has 1 saturated heterocycles. The van der Waals surface area contributed by atoms with Crippen molar-refractivity contribution >= 4 is 12.7 Å². The Labute approximate surface area is 104 Å². The van der Waals surface area contributed by atoms with Gasteiger partial charge in [0.05, 0.1) is 0 Å². The van der Waals surface area contributed by atoms with E-state index in [0.29, 0.717) is 0 Å². The van der Waals surface area contributed by atoms with Crippen molar-refractivity contribution in [2.75, 3.05) is 26.2 Å². The Morgan fingerprint density at radius 3 is 2.06 bits per heavy atom. The number of nitrogens with zero attached hydrogens (tertiary/aromatic N) is 2. The van der Waals surface area contributed by atoms with Gasteiger partial charge in [-0.05, 0) is 18.6 Å². The minimum Gasteiger partial charge on any atom is -0.284 e. The van der Waals surface area contributed by atoms with E-state index in [1.165, 1.54) is 0 Å². The van der Waals surface area contributed by atoms with Crippen molar-refractivity contribution in [2.24, 2.45) is 0 Å². The molecule has 0 saturated carbocycles. The first-order chi connectivity index (χ1) is 8.23. The minimum absolute atomic E-state index is 0.850. The summed E-state index contributed by atoms with van der Waals surface area (Å²) in [6, 6.07) is 9.93. The van der Waals surface area contributed by atoms with Crippen molar-refractivity contribution in [3.8, 4) is 0 Å². The highest BCUT2D eigenvalue weighted by Crippen LogP contribution is 2.53. The molecule has 17 heavy (non-hydrogen) atoms. The summed E-state index contributed by atoms with van der Waals surface area (Å²) < 4.78 is 17.7. The smallest absolute Gasteiger partial charge is 0.245 e. The van der Waals surface area contributed by atoms with Crippen LogP contribution >= 0.6 is 7.44 Å². The normalized spacial score (nSPS) is 21.5. The highest BCUT2D eigenvalue weighted by atomic mass is 31.2. The average Bonchev–Trinajstić information content (AvgIpc) is 2.40. The topological polar surface area (TPSA) is 23.6 Å². The van der Waals surface area contributed by atoms with Crippen LogP contribution in [0.1, 0.15) is 20.3 Å². The summed E-state index contributed by atoms with van der Waals surface area (Å²) in [5.41, 5.74) is 0. The third-order valence-corrected chi connectivity index (χ3v) is 6.89. The maximum atomic E-state index is 13.4. The Hall–Kier alpha value is -0.630. The van der Waals surface area contributed by atoms with Gasteiger partial charge in [0.25, 0.3) is 0 Å². The molecular weight excluding hydrogens is 231 g/mol. The van der Waals surface area contributed by atoms with E-state index in [4.69, 9.17) is 0 Å². The molecular formula is C13H21N2OP. The van der Waals surface area contributed by atoms with Crippen molar-refractivity contribution in [1.82, 2.24) is 9.34 Å². The number of hydrogen-bond acceptors (Lipinski definition) is 1. The molecule has 0 aliphatic carbocycles. The van der Waals surface area contributed by atoms with Gasteiger partial charge in [-0.2, -0.15) is 0 Å². The molecule has 94 valence electrons. The van der Waals surface area contributed by atoms with E-state index < -0.39 is 7.44 Å². The van der Waals surface area contributed by atoms with Gasteiger partial charge >= 0.3 is 0 Å². The van der Waals surface area contributed by atoms with Gasteiger partial charge in [-0.3, -0.25) is 4.57 Å². The van der Waals surface area contributed by atoms with Crippen LogP contribution in [-0.2, 0) is 4.57 Å². The fourth-order valence-electron chi connectivity index (χ4n) is 2.53. The number of rotatable bonds is 3. The zero-order chi connectivity index (χ0) is 12.3. The van der Waals surface area contributed by atoms with Crippen LogP contribution in [-0.4, -0.2) is 35.5 Å². The highest BCUT2D eigenvalue weighted by molar-refractivity contribution is 7.67. The van der Waals surface area contributed by atoms with Crippen molar-refractivity contribution in [1.29, 1.82) is 0 Å². The van der Waals surface area contributed by atoms with Gasteiger partial charge in [-0.15, -0.1) is 0 Å². The summed E-state index contributed by atoms with van der Waals surface area (Å²) in [5.74, 6) is 0.